The molecule has 4 saturated carbocycles. The predicted molar refractivity (Wildman–Crippen MR) is 60.6 cm³/mol. The van der Waals surface area contributed by atoms with Crippen LogP contribution in [-0.4, -0.2) is 26.7 Å². The van der Waals surface area contributed by atoms with Gasteiger partial charge in [-0.05, 0) is 38.0 Å². The van der Waals surface area contributed by atoms with Crippen molar-refractivity contribution in [2.45, 2.75) is 37.0 Å². The molecule has 4 aliphatic carbocycles. The quantitative estimate of drug-likeness (QED) is 0.389. The second kappa shape index (κ2) is 3.36. The highest BCUT2D eigenvalue weighted by Crippen LogP contribution is 2.54. The zero-order valence-electron chi connectivity index (χ0n) is 8.93. The van der Waals surface area contributed by atoms with Crippen molar-refractivity contribution in [1.82, 2.24) is 0 Å². The lowest BCUT2D eigenvalue weighted by atomic mass is 9.67. The third-order valence-electron chi connectivity index (χ3n) is 4.37. The summed E-state index contributed by atoms with van der Waals surface area (Å²) < 4.78 is 0. The molecule has 4 aliphatic rings. The van der Waals surface area contributed by atoms with Crippen molar-refractivity contribution in [2.75, 3.05) is 0 Å². The molecule has 4 bridgehead atoms. The molecule has 4 fully saturated rings. The first-order valence-electron chi connectivity index (χ1n) is 5.78. The maximum Gasteiger partial charge on any atom is 0.108 e. The molecule has 0 heterocycles. The Labute approximate surface area is 99.0 Å². The molecular formula is C11H15ClN2O2. The van der Waals surface area contributed by atoms with Gasteiger partial charge in [0.1, 0.15) is 11.4 Å². The summed E-state index contributed by atoms with van der Waals surface area (Å²) in [5.41, 5.74) is 1.13. The van der Waals surface area contributed by atoms with Crippen molar-refractivity contribution in [3.05, 3.63) is 0 Å². The van der Waals surface area contributed by atoms with E-state index in [0.29, 0.717) is 17.3 Å². The molecule has 0 saturated heterocycles. The molecule has 5 heteroatoms. The van der Waals surface area contributed by atoms with Crippen LogP contribution in [0.3, 0.4) is 0 Å². The van der Waals surface area contributed by atoms with Gasteiger partial charge in [0.05, 0.1) is 0 Å². The van der Waals surface area contributed by atoms with E-state index in [1.54, 1.807) is 0 Å². The zero-order chi connectivity index (χ0) is 11.3. The number of fused-ring (bicyclic) bond motifs is 1. The van der Waals surface area contributed by atoms with Crippen LogP contribution in [0.4, 0.5) is 0 Å². The van der Waals surface area contributed by atoms with E-state index in [-0.39, 0.29) is 16.7 Å². The highest BCUT2D eigenvalue weighted by Gasteiger charge is 2.52. The number of hydrogen-bond acceptors (Lipinski definition) is 4. The lowest BCUT2D eigenvalue weighted by Crippen LogP contribution is -2.39. The Kier molecular flexibility index (Phi) is 2.18. The van der Waals surface area contributed by atoms with Gasteiger partial charge in [-0.1, -0.05) is 10.3 Å². The van der Waals surface area contributed by atoms with Gasteiger partial charge in [-0.25, -0.2) is 0 Å². The fourth-order valence-corrected chi connectivity index (χ4v) is 4.58. The summed E-state index contributed by atoms with van der Waals surface area (Å²) in [5, 5.41) is 24.9. The van der Waals surface area contributed by atoms with Crippen LogP contribution in [0.25, 0.3) is 0 Å². The molecule has 2 N–H and O–H groups in total. The molecule has 4 nitrogen and oxygen atoms in total. The topological polar surface area (TPSA) is 65.2 Å². The summed E-state index contributed by atoms with van der Waals surface area (Å²) in [4.78, 5) is -0.168. The molecule has 0 amide bonds. The number of alkyl halides is 1. The third-order valence-corrected chi connectivity index (χ3v) is 4.83. The van der Waals surface area contributed by atoms with Crippen LogP contribution in [0.15, 0.2) is 10.3 Å². The highest BCUT2D eigenvalue weighted by atomic mass is 35.5. The first-order chi connectivity index (χ1) is 7.65. The van der Waals surface area contributed by atoms with Gasteiger partial charge in [0.2, 0.25) is 0 Å². The van der Waals surface area contributed by atoms with Crippen LogP contribution in [0.1, 0.15) is 32.1 Å². The van der Waals surface area contributed by atoms with Crippen LogP contribution in [0.2, 0.25) is 0 Å². The van der Waals surface area contributed by atoms with Crippen molar-refractivity contribution in [3.63, 3.8) is 0 Å². The lowest BCUT2D eigenvalue weighted by molar-refractivity contribution is 0.172. The largest absolute Gasteiger partial charge is 0.411 e. The fourth-order valence-electron chi connectivity index (χ4n) is 3.99. The van der Waals surface area contributed by atoms with E-state index in [1.807, 2.05) is 0 Å². The Balaban J connectivity index is 2.09. The number of hydrogen-bond donors (Lipinski definition) is 2. The Bertz CT molecular complexity index is 350. The molecule has 0 aromatic carbocycles. The number of rotatable bonds is 0. The maximum atomic E-state index is 9.10. The van der Waals surface area contributed by atoms with Crippen LogP contribution in [0.5, 0.6) is 0 Å². The zero-order valence-corrected chi connectivity index (χ0v) is 9.69. The average Bonchev–Trinajstić information content (AvgIpc) is 2.36. The summed E-state index contributed by atoms with van der Waals surface area (Å²) in [6.07, 6.45) is 4.78. The van der Waals surface area contributed by atoms with Crippen molar-refractivity contribution in [1.29, 1.82) is 0 Å². The smallest absolute Gasteiger partial charge is 0.108 e. The summed E-state index contributed by atoms with van der Waals surface area (Å²) in [6, 6.07) is 0. The first kappa shape index (κ1) is 10.4. The lowest BCUT2D eigenvalue weighted by Gasteiger charge is -2.43. The monoisotopic (exact) mass is 242 g/mol. The third kappa shape index (κ3) is 1.35. The summed E-state index contributed by atoms with van der Waals surface area (Å²) >= 11 is 6.61. The average molecular weight is 243 g/mol. The molecule has 0 radical (unpaired) electrons. The molecule has 4 rings (SSSR count). The molecule has 88 valence electrons. The first-order valence-corrected chi connectivity index (χ1v) is 6.16. The van der Waals surface area contributed by atoms with E-state index in [1.165, 1.54) is 0 Å². The normalized spacial score (nSPS) is 51.2. The van der Waals surface area contributed by atoms with Gasteiger partial charge in [-0.2, -0.15) is 0 Å². The van der Waals surface area contributed by atoms with Gasteiger partial charge in [0, 0.05) is 16.7 Å². The molecule has 0 spiro atoms. The van der Waals surface area contributed by atoms with Crippen LogP contribution in [-0.2, 0) is 0 Å². The van der Waals surface area contributed by atoms with Gasteiger partial charge >= 0.3 is 0 Å². The van der Waals surface area contributed by atoms with E-state index in [9.17, 15) is 0 Å². The molecule has 16 heavy (non-hydrogen) atoms. The SMILES string of the molecule is O/N=C1\C(=N\O)C2CC3CC1CC(Cl)(C3)C2. The van der Waals surface area contributed by atoms with Gasteiger partial charge in [0.15, 0.2) is 0 Å². The Morgan fingerprint density at radius 2 is 1.50 bits per heavy atom. The number of nitrogens with zero attached hydrogens (tertiary/aromatic N) is 2. The number of oxime groups is 2. The van der Waals surface area contributed by atoms with E-state index in [2.05, 4.69) is 10.3 Å². The Morgan fingerprint density at radius 1 is 1.00 bits per heavy atom. The minimum absolute atomic E-state index is 0.166. The summed E-state index contributed by atoms with van der Waals surface area (Å²) in [6.45, 7) is 0. The number of halogens is 1. The van der Waals surface area contributed by atoms with E-state index >= 15 is 0 Å². The molecule has 0 aliphatic heterocycles. The van der Waals surface area contributed by atoms with Gasteiger partial charge in [0.25, 0.3) is 0 Å². The molecule has 4 atom stereocenters. The van der Waals surface area contributed by atoms with Gasteiger partial charge < -0.3 is 10.4 Å². The summed E-state index contributed by atoms with van der Waals surface area (Å²) in [5.74, 6) is 0.922. The summed E-state index contributed by atoms with van der Waals surface area (Å²) in [7, 11) is 0. The Hall–Kier alpha value is -0.770. The minimum atomic E-state index is -0.168. The standard InChI is InChI=1S/C11H15ClN2O2/c12-11-3-6-1-7(4-11)9(13-15)10(14-16)8(2-6)5-11/h6-8,15-16H,1-5H2/b13-9-,14-10+. The maximum absolute atomic E-state index is 9.10. The van der Waals surface area contributed by atoms with Crippen LogP contribution < -0.4 is 0 Å². The second-order valence-corrected chi connectivity index (χ2v) is 6.27. The van der Waals surface area contributed by atoms with Crippen molar-refractivity contribution >= 4 is 23.0 Å². The second-order valence-electron chi connectivity index (χ2n) is 5.47. The molecule has 0 aromatic heterocycles. The van der Waals surface area contributed by atoms with E-state index in [0.717, 1.165) is 32.1 Å². The fraction of sp³-hybridized carbons (Fsp3) is 0.818. The van der Waals surface area contributed by atoms with Crippen LogP contribution in [0, 0.1) is 17.8 Å². The minimum Gasteiger partial charge on any atom is -0.411 e. The van der Waals surface area contributed by atoms with Crippen molar-refractivity contribution < 1.29 is 10.4 Å². The van der Waals surface area contributed by atoms with Crippen LogP contribution >= 0.6 is 11.6 Å². The molecular weight excluding hydrogens is 228 g/mol. The van der Waals surface area contributed by atoms with E-state index < -0.39 is 0 Å². The predicted octanol–water partition coefficient (Wildman–Crippen LogP) is 2.46. The van der Waals surface area contributed by atoms with Gasteiger partial charge in [-0.15, -0.1) is 11.6 Å². The highest BCUT2D eigenvalue weighted by molar-refractivity contribution is 6.44. The molecule has 4 unspecified atom stereocenters. The van der Waals surface area contributed by atoms with Crippen molar-refractivity contribution in [2.24, 2.45) is 28.1 Å². The van der Waals surface area contributed by atoms with E-state index in [4.69, 9.17) is 22.0 Å². The van der Waals surface area contributed by atoms with Crippen molar-refractivity contribution in [3.8, 4) is 0 Å². The molecule has 0 aromatic rings. The van der Waals surface area contributed by atoms with Gasteiger partial charge in [-0.3, -0.25) is 0 Å². The Morgan fingerprint density at radius 3 is 1.88 bits per heavy atom.